The molecule has 1 saturated heterocycles. The van der Waals surface area contributed by atoms with Gasteiger partial charge in [-0.15, -0.1) is 5.10 Å². The maximum Gasteiger partial charge on any atom is 0.253 e. The predicted molar refractivity (Wildman–Crippen MR) is 117 cm³/mol. The lowest BCUT2D eigenvalue weighted by Crippen LogP contribution is -2.39. The van der Waals surface area contributed by atoms with Crippen LogP contribution in [-0.2, 0) is 6.54 Å². The van der Waals surface area contributed by atoms with Crippen molar-refractivity contribution in [2.75, 3.05) is 13.1 Å². The minimum absolute atomic E-state index is 0.0396. The Labute approximate surface area is 180 Å². The van der Waals surface area contributed by atoms with Gasteiger partial charge in [-0.1, -0.05) is 25.1 Å². The van der Waals surface area contributed by atoms with Gasteiger partial charge in [0.15, 0.2) is 0 Å². The number of tetrazole rings is 1. The third-order valence-electron chi connectivity index (χ3n) is 5.91. The van der Waals surface area contributed by atoms with Crippen LogP contribution in [0.2, 0.25) is 0 Å². The van der Waals surface area contributed by atoms with E-state index in [1.54, 1.807) is 4.68 Å². The summed E-state index contributed by atoms with van der Waals surface area (Å²) in [7, 11) is 0. The Morgan fingerprint density at radius 3 is 2.90 bits per heavy atom. The van der Waals surface area contributed by atoms with Crippen molar-refractivity contribution in [1.29, 1.82) is 0 Å². The molecule has 31 heavy (non-hydrogen) atoms. The summed E-state index contributed by atoms with van der Waals surface area (Å²) in [6.07, 6.45) is 4.59. The number of benzene rings is 2. The molecule has 0 radical (unpaired) electrons. The molecule has 4 aromatic rings. The Morgan fingerprint density at radius 2 is 2.06 bits per heavy atom. The molecule has 0 N–H and O–H groups in total. The maximum absolute atomic E-state index is 13.3. The molecule has 0 bridgehead atoms. The summed E-state index contributed by atoms with van der Waals surface area (Å²) < 4.78 is 3.90. The highest BCUT2D eigenvalue weighted by Gasteiger charge is 2.29. The largest absolute Gasteiger partial charge is 0.338 e. The van der Waals surface area contributed by atoms with Crippen LogP contribution in [0.3, 0.4) is 0 Å². The Kier molecular flexibility index (Phi) is 5.19. The van der Waals surface area contributed by atoms with Gasteiger partial charge in [-0.05, 0) is 60.0 Å². The lowest BCUT2D eigenvalue weighted by molar-refractivity contribution is 0.0703. The second-order valence-corrected chi connectivity index (χ2v) is 8.01. The number of amides is 1. The van der Waals surface area contributed by atoms with E-state index in [1.807, 2.05) is 35.2 Å². The summed E-state index contributed by atoms with van der Waals surface area (Å²) >= 11 is 0. The predicted octanol–water partition coefficient (Wildman–Crippen LogP) is 3.44. The second kappa shape index (κ2) is 8.29. The summed E-state index contributed by atoms with van der Waals surface area (Å²) in [6.45, 7) is 4.57. The van der Waals surface area contributed by atoms with Gasteiger partial charge < -0.3 is 9.47 Å². The first kappa shape index (κ1) is 19.4. The van der Waals surface area contributed by atoms with E-state index in [4.69, 9.17) is 4.98 Å². The number of fused-ring (bicyclic) bond motifs is 1. The fourth-order valence-corrected chi connectivity index (χ4v) is 4.48. The highest BCUT2D eigenvalue weighted by molar-refractivity contribution is 5.94. The van der Waals surface area contributed by atoms with Crippen molar-refractivity contribution in [1.82, 2.24) is 34.7 Å². The van der Waals surface area contributed by atoms with E-state index in [-0.39, 0.29) is 11.8 Å². The molecule has 1 fully saturated rings. The molecule has 2 aromatic heterocycles. The Hall–Kier alpha value is -3.55. The molecule has 1 aliphatic rings. The molecule has 5 rings (SSSR count). The van der Waals surface area contributed by atoms with Gasteiger partial charge >= 0.3 is 0 Å². The summed E-state index contributed by atoms with van der Waals surface area (Å²) in [5, 5.41) is 11.3. The van der Waals surface area contributed by atoms with Gasteiger partial charge in [0.05, 0.1) is 16.7 Å². The molecular weight excluding hydrogens is 390 g/mol. The van der Waals surface area contributed by atoms with Crippen LogP contribution < -0.4 is 0 Å². The van der Waals surface area contributed by atoms with E-state index in [0.29, 0.717) is 12.1 Å². The number of para-hydroxylation sites is 2. The number of imidazole rings is 1. The number of carbonyl (C=O) groups excluding carboxylic acids is 1. The summed E-state index contributed by atoms with van der Waals surface area (Å²) in [6, 6.07) is 15.8. The quantitative estimate of drug-likeness (QED) is 0.499. The third-order valence-corrected chi connectivity index (χ3v) is 5.91. The number of rotatable bonds is 5. The lowest BCUT2D eigenvalue weighted by atomic mass is 9.96. The van der Waals surface area contributed by atoms with Crippen molar-refractivity contribution in [3.05, 3.63) is 66.2 Å². The van der Waals surface area contributed by atoms with Crippen molar-refractivity contribution in [2.45, 2.75) is 38.6 Å². The minimum Gasteiger partial charge on any atom is -0.338 e. The lowest BCUT2D eigenvalue weighted by Gasteiger charge is -2.33. The van der Waals surface area contributed by atoms with Crippen LogP contribution in [0, 0.1) is 0 Å². The molecule has 8 nitrogen and oxygen atoms in total. The fourth-order valence-electron chi connectivity index (χ4n) is 4.48. The molecular formula is C23H25N7O. The SMILES string of the molecule is CCCn1c(C2CCCN(C(=O)c3cccc(-n4cnnn4)c3)C2)nc2ccccc21. The van der Waals surface area contributed by atoms with Gasteiger partial charge in [-0.2, -0.15) is 0 Å². The summed E-state index contributed by atoms with van der Waals surface area (Å²) in [5.41, 5.74) is 3.63. The average Bonchev–Trinajstić information content (AvgIpc) is 3.48. The number of aryl methyl sites for hydroxylation is 1. The van der Waals surface area contributed by atoms with Crippen LogP contribution >= 0.6 is 0 Å². The van der Waals surface area contributed by atoms with Gasteiger partial charge in [-0.25, -0.2) is 9.67 Å². The Bertz CT molecular complexity index is 1200. The highest BCUT2D eigenvalue weighted by Crippen LogP contribution is 2.30. The van der Waals surface area contributed by atoms with Crippen LogP contribution in [0.1, 0.15) is 48.3 Å². The van der Waals surface area contributed by atoms with Crippen LogP contribution in [0.4, 0.5) is 0 Å². The van der Waals surface area contributed by atoms with Crippen molar-refractivity contribution in [2.24, 2.45) is 0 Å². The molecule has 1 amide bonds. The zero-order chi connectivity index (χ0) is 21.2. The van der Waals surface area contributed by atoms with Crippen LogP contribution in [-0.4, -0.2) is 53.7 Å². The third kappa shape index (κ3) is 3.69. The van der Waals surface area contributed by atoms with E-state index < -0.39 is 0 Å². The van der Waals surface area contributed by atoms with E-state index in [0.717, 1.165) is 49.4 Å². The molecule has 1 aliphatic heterocycles. The molecule has 1 atom stereocenters. The topological polar surface area (TPSA) is 81.7 Å². The molecule has 0 saturated carbocycles. The normalized spacial score (nSPS) is 16.7. The van der Waals surface area contributed by atoms with Crippen molar-refractivity contribution < 1.29 is 4.79 Å². The number of likely N-dealkylation sites (tertiary alicyclic amines) is 1. The first-order valence-corrected chi connectivity index (χ1v) is 10.8. The molecule has 1 unspecified atom stereocenters. The van der Waals surface area contributed by atoms with Gasteiger partial charge in [0.2, 0.25) is 0 Å². The number of hydrogen-bond donors (Lipinski definition) is 0. The number of carbonyl (C=O) groups is 1. The summed E-state index contributed by atoms with van der Waals surface area (Å²) in [5.74, 6) is 1.38. The van der Waals surface area contributed by atoms with Crippen molar-refractivity contribution in [3.63, 3.8) is 0 Å². The fraction of sp³-hybridized carbons (Fsp3) is 0.348. The summed E-state index contributed by atoms with van der Waals surface area (Å²) in [4.78, 5) is 20.2. The molecule has 2 aromatic carbocycles. The van der Waals surface area contributed by atoms with E-state index in [1.165, 1.54) is 11.8 Å². The van der Waals surface area contributed by atoms with Crippen molar-refractivity contribution in [3.8, 4) is 5.69 Å². The molecule has 8 heteroatoms. The smallest absolute Gasteiger partial charge is 0.253 e. The Morgan fingerprint density at radius 1 is 1.16 bits per heavy atom. The van der Waals surface area contributed by atoms with Gasteiger partial charge in [0, 0.05) is 31.1 Å². The molecule has 3 heterocycles. The van der Waals surface area contributed by atoms with Crippen LogP contribution in [0.15, 0.2) is 54.9 Å². The minimum atomic E-state index is 0.0396. The first-order chi connectivity index (χ1) is 15.2. The zero-order valence-corrected chi connectivity index (χ0v) is 17.6. The van der Waals surface area contributed by atoms with Crippen molar-refractivity contribution >= 4 is 16.9 Å². The first-order valence-electron chi connectivity index (χ1n) is 10.8. The molecule has 158 valence electrons. The number of aromatic nitrogens is 6. The number of nitrogens with zero attached hydrogens (tertiary/aromatic N) is 7. The standard InChI is InChI=1S/C23H25N7O/c1-2-12-29-21-11-4-3-10-20(21)25-22(29)18-8-6-13-28(15-18)23(31)17-7-5-9-19(14-17)30-16-24-26-27-30/h3-5,7,9-11,14,16,18H,2,6,8,12-13,15H2,1H3. The van der Waals surface area contributed by atoms with Gasteiger partial charge in [0.1, 0.15) is 12.2 Å². The zero-order valence-electron chi connectivity index (χ0n) is 17.6. The number of hydrogen-bond acceptors (Lipinski definition) is 5. The van der Waals surface area contributed by atoms with E-state index in [9.17, 15) is 4.79 Å². The van der Waals surface area contributed by atoms with Crippen LogP contribution in [0.5, 0.6) is 0 Å². The second-order valence-electron chi connectivity index (χ2n) is 8.01. The Balaban J connectivity index is 1.41. The maximum atomic E-state index is 13.3. The van der Waals surface area contributed by atoms with Gasteiger partial charge in [0.25, 0.3) is 5.91 Å². The average molecular weight is 416 g/mol. The van der Waals surface area contributed by atoms with E-state index in [2.05, 4.69) is 45.2 Å². The number of piperidine rings is 1. The van der Waals surface area contributed by atoms with Crippen LogP contribution in [0.25, 0.3) is 16.7 Å². The molecule has 0 spiro atoms. The monoisotopic (exact) mass is 415 g/mol. The van der Waals surface area contributed by atoms with E-state index >= 15 is 0 Å². The molecule has 0 aliphatic carbocycles. The highest BCUT2D eigenvalue weighted by atomic mass is 16.2. The van der Waals surface area contributed by atoms with Gasteiger partial charge in [-0.3, -0.25) is 4.79 Å².